The van der Waals surface area contributed by atoms with E-state index in [9.17, 15) is 18.3 Å². The summed E-state index contributed by atoms with van der Waals surface area (Å²) in [4.78, 5) is 13.3. The third kappa shape index (κ3) is 9.53. The lowest BCUT2D eigenvalue weighted by Crippen LogP contribution is -2.46. The number of nitrogens with two attached hydrogens (primary N) is 1. The highest BCUT2D eigenvalue weighted by Gasteiger charge is 2.31. The average Bonchev–Trinajstić information content (AvgIpc) is 2.96. The molecule has 0 aliphatic carbocycles. The second-order valence-corrected chi connectivity index (χ2v) is 12.9. The van der Waals surface area contributed by atoms with Crippen LogP contribution < -0.4 is 16.4 Å². The maximum atomic E-state index is 13.5. The van der Waals surface area contributed by atoms with Crippen molar-refractivity contribution in [1.29, 1.82) is 0 Å². The zero-order chi connectivity index (χ0) is 29.8. The van der Waals surface area contributed by atoms with E-state index < -0.39 is 16.1 Å². The Hall–Kier alpha value is -2.98. The van der Waals surface area contributed by atoms with Crippen LogP contribution in [-0.2, 0) is 21.2 Å². The molecule has 0 saturated carbocycles. The second-order valence-electron chi connectivity index (χ2n) is 11.1. The van der Waals surface area contributed by atoms with Crippen LogP contribution in [0.3, 0.4) is 0 Å². The van der Waals surface area contributed by atoms with E-state index in [-0.39, 0.29) is 29.4 Å². The highest BCUT2D eigenvalue weighted by molar-refractivity contribution is 7.89. The van der Waals surface area contributed by atoms with Crippen molar-refractivity contribution in [3.05, 3.63) is 72.3 Å². The van der Waals surface area contributed by atoms with E-state index in [1.807, 2.05) is 26.0 Å². The Morgan fingerprint density at radius 3 is 2.34 bits per heavy atom. The number of hydrogen-bond acceptors (Lipinski definition) is 6. The predicted molar refractivity (Wildman–Crippen MR) is 167 cm³/mol. The molecule has 9 heteroatoms. The number of carbonyl (C=O) groups excluding carboxylic acids is 1. The van der Waals surface area contributed by atoms with Gasteiger partial charge in [0.25, 0.3) is 0 Å². The largest absolute Gasteiger partial charge is 0.399 e. The third-order valence-electron chi connectivity index (χ3n) is 7.12. The van der Waals surface area contributed by atoms with E-state index >= 15 is 0 Å². The van der Waals surface area contributed by atoms with Gasteiger partial charge < -0.3 is 21.5 Å². The molecule has 3 aromatic carbocycles. The molecule has 0 radical (unpaired) electrons. The SMILES string of the molecule is CCCN[C@@H](Cc1ccc2ccccc2c1)C(=O)NCCCCC(CO)N(CC(C)C)S(=O)(=O)c1ccc(N)cc1. The van der Waals surface area contributed by atoms with Gasteiger partial charge in [0.1, 0.15) is 0 Å². The summed E-state index contributed by atoms with van der Waals surface area (Å²) in [6, 6.07) is 19.7. The van der Waals surface area contributed by atoms with Crippen LogP contribution in [0, 0.1) is 5.92 Å². The van der Waals surface area contributed by atoms with Gasteiger partial charge in [0.15, 0.2) is 0 Å². The number of aliphatic hydroxyl groups is 1. The predicted octanol–water partition coefficient (Wildman–Crippen LogP) is 4.33. The number of carbonyl (C=O) groups is 1. The van der Waals surface area contributed by atoms with Gasteiger partial charge in [-0.05, 0) is 78.7 Å². The quantitative estimate of drug-likeness (QED) is 0.139. The number of rotatable bonds is 17. The van der Waals surface area contributed by atoms with Crippen molar-refractivity contribution in [2.75, 3.05) is 32.0 Å². The van der Waals surface area contributed by atoms with E-state index in [0.29, 0.717) is 44.5 Å². The van der Waals surface area contributed by atoms with Crippen molar-refractivity contribution in [2.45, 2.75) is 69.9 Å². The summed E-state index contributed by atoms with van der Waals surface area (Å²) in [5.41, 5.74) is 7.34. The van der Waals surface area contributed by atoms with Gasteiger partial charge in [0.2, 0.25) is 15.9 Å². The molecule has 0 spiro atoms. The molecule has 0 aliphatic rings. The van der Waals surface area contributed by atoms with Gasteiger partial charge in [-0.3, -0.25) is 4.79 Å². The van der Waals surface area contributed by atoms with Crippen LogP contribution in [-0.4, -0.2) is 62.1 Å². The molecule has 5 N–H and O–H groups in total. The Morgan fingerprint density at radius 2 is 1.68 bits per heavy atom. The molecule has 224 valence electrons. The van der Waals surface area contributed by atoms with Crippen LogP contribution in [0.15, 0.2) is 71.6 Å². The van der Waals surface area contributed by atoms with Gasteiger partial charge in [-0.1, -0.05) is 69.7 Å². The molecule has 0 aromatic heterocycles. The first kappa shape index (κ1) is 32.5. The topological polar surface area (TPSA) is 125 Å². The van der Waals surface area contributed by atoms with Crippen LogP contribution in [0.1, 0.15) is 52.0 Å². The molecule has 0 fully saturated rings. The van der Waals surface area contributed by atoms with Gasteiger partial charge >= 0.3 is 0 Å². The molecular formula is C32H46N4O4S. The van der Waals surface area contributed by atoms with Crippen LogP contribution >= 0.6 is 0 Å². The average molecular weight is 583 g/mol. The van der Waals surface area contributed by atoms with E-state index in [0.717, 1.165) is 23.9 Å². The molecule has 1 amide bonds. The summed E-state index contributed by atoms with van der Waals surface area (Å²) in [6.07, 6.45) is 3.35. The van der Waals surface area contributed by atoms with Gasteiger partial charge in [-0.25, -0.2) is 8.42 Å². The van der Waals surface area contributed by atoms with Crippen LogP contribution in [0.2, 0.25) is 0 Å². The zero-order valence-corrected chi connectivity index (χ0v) is 25.4. The van der Waals surface area contributed by atoms with E-state index in [2.05, 4.69) is 47.9 Å². The molecular weight excluding hydrogens is 536 g/mol. The van der Waals surface area contributed by atoms with Crippen LogP contribution in [0.25, 0.3) is 10.8 Å². The summed E-state index contributed by atoms with van der Waals surface area (Å²) >= 11 is 0. The normalized spacial score (nSPS) is 13.5. The zero-order valence-electron chi connectivity index (χ0n) is 24.6. The molecule has 0 bridgehead atoms. The Morgan fingerprint density at radius 1 is 0.976 bits per heavy atom. The van der Waals surface area contributed by atoms with Crippen molar-refractivity contribution < 1.29 is 18.3 Å². The van der Waals surface area contributed by atoms with Crippen molar-refractivity contribution >= 4 is 32.4 Å². The standard InChI is InChI=1S/C32H46N4O4S/c1-4-18-34-31(21-25-12-13-26-9-5-6-10-27(26)20-25)32(38)35-19-8-7-11-29(23-37)36(22-24(2)3)41(39,40)30-16-14-28(33)15-17-30/h5-6,9-10,12-17,20,24,29,31,34,37H,4,7-8,11,18-19,21-23,33H2,1-3H3,(H,35,38)/t29?,31-/m0/s1. The van der Waals surface area contributed by atoms with Gasteiger partial charge in [0.05, 0.1) is 17.5 Å². The summed E-state index contributed by atoms with van der Waals surface area (Å²) in [5.74, 6) is 0.0414. The summed E-state index contributed by atoms with van der Waals surface area (Å²) < 4.78 is 28.3. The lowest BCUT2D eigenvalue weighted by Gasteiger charge is -2.31. The highest BCUT2D eigenvalue weighted by atomic mass is 32.2. The molecule has 0 saturated heterocycles. The van der Waals surface area contributed by atoms with Crippen molar-refractivity contribution in [3.63, 3.8) is 0 Å². The molecule has 3 aromatic rings. The summed E-state index contributed by atoms with van der Waals surface area (Å²) in [7, 11) is -3.80. The molecule has 8 nitrogen and oxygen atoms in total. The first-order valence-electron chi connectivity index (χ1n) is 14.6. The highest BCUT2D eigenvalue weighted by Crippen LogP contribution is 2.23. The number of unbranched alkanes of at least 4 members (excludes halogenated alkanes) is 1. The molecule has 1 unspecified atom stereocenters. The number of nitrogens with zero attached hydrogens (tertiary/aromatic N) is 1. The van der Waals surface area contributed by atoms with Crippen molar-refractivity contribution in [1.82, 2.24) is 14.9 Å². The minimum Gasteiger partial charge on any atom is -0.399 e. The maximum Gasteiger partial charge on any atom is 0.243 e. The van der Waals surface area contributed by atoms with Crippen molar-refractivity contribution in [2.24, 2.45) is 5.92 Å². The third-order valence-corrected chi connectivity index (χ3v) is 9.06. The molecule has 3 rings (SSSR count). The first-order valence-corrected chi connectivity index (χ1v) is 16.1. The molecule has 41 heavy (non-hydrogen) atoms. The van der Waals surface area contributed by atoms with E-state index in [1.54, 1.807) is 12.1 Å². The number of nitrogens with one attached hydrogen (secondary N) is 2. The number of nitrogen functional groups attached to an aromatic ring is 1. The molecule has 0 heterocycles. The Balaban J connectivity index is 1.57. The Kier molecular flexibility index (Phi) is 12.6. The molecule has 0 aliphatic heterocycles. The monoisotopic (exact) mass is 582 g/mol. The fraction of sp³-hybridized carbons (Fsp3) is 0.469. The summed E-state index contributed by atoms with van der Waals surface area (Å²) in [5, 5.41) is 18.9. The lowest BCUT2D eigenvalue weighted by molar-refractivity contribution is -0.123. The van der Waals surface area contributed by atoms with E-state index in [4.69, 9.17) is 5.73 Å². The number of aliphatic hydroxyl groups excluding tert-OH is 1. The lowest BCUT2D eigenvalue weighted by atomic mass is 10.0. The first-order chi connectivity index (χ1) is 19.6. The minimum atomic E-state index is -3.80. The number of sulfonamides is 1. The van der Waals surface area contributed by atoms with Crippen molar-refractivity contribution in [3.8, 4) is 0 Å². The Labute approximate surface area is 245 Å². The number of amides is 1. The summed E-state index contributed by atoms with van der Waals surface area (Å²) in [6.45, 7) is 7.24. The van der Waals surface area contributed by atoms with Crippen LogP contribution in [0.4, 0.5) is 5.69 Å². The maximum absolute atomic E-state index is 13.5. The number of fused-ring (bicyclic) bond motifs is 1. The number of benzene rings is 3. The smallest absolute Gasteiger partial charge is 0.243 e. The fourth-order valence-corrected chi connectivity index (χ4v) is 6.73. The second kappa shape index (κ2) is 15.9. The van der Waals surface area contributed by atoms with E-state index in [1.165, 1.54) is 21.8 Å². The van der Waals surface area contributed by atoms with Gasteiger partial charge in [0, 0.05) is 24.8 Å². The minimum absolute atomic E-state index is 0.0438. The fourth-order valence-electron chi connectivity index (χ4n) is 4.92. The van der Waals surface area contributed by atoms with Gasteiger partial charge in [-0.15, -0.1) is 0 Å². The Bertz CT molecular complexity index is 1350. The number of anilines is 1. The van der Waals surface area contributed by atoms with Crippen LogP contribution in [0.5, 0.6) is 0 Å². The number of hydrogen-bond donors (Lipinski definition) is 4. The van der Waals surface area contributed by atoms with Gasteiger partial charge in [-0.2, -0.15) is 4.31 Å². The molecule has 2 atom stereocenters.